The number of ether oxygens (including phenoxy) is 3. The van der Waals surface area contributed by atoms with Crippen molar-refractivity contribution >= 4 is 17.9 Å². The van der Waals surface area contributed by atoms with Crippen LogP contribution in [0.5, 0.6) is 0 Å². The van der Waals surface area contributed by atoms with Gasteiger partial charge in [0.05, 0.1) is 0 Å². The Morgan fingerprint density at radius 3 is 0.762 bits per heavy atom. The van der Waals surface area contributed by atoms with Crippen molar-refractivity contribution in [2.75, 3.05) is 13.2 Å². The summed E-state index contributed by atoms with van der Waals surface area (Å²) in [6.45, 7) is 6.60. The summed E-state index contributed by atoms with van der Waals surface area (Å²) >= 11 is 0. The maximum absolute atomic E-state index is 12.9. The van der Waals surface area contributed by atoms with E-state index in [2.05, 4.69) is 81.5 Å². The Bertz CT molecular complexity index is 1430. The Kier molecular flexibility index (Phi) is 66.1. The summed E-state index contributed by atoms with van der Waals surface area (Å²) in [5.74, 6) is -0.838. The average Bonchev–Trinajstić information content (AvgIpc) is 3.46. The first-order valence-corrected chi connectivity index (χ1v) is 35.3. The van der Waals surface area contributed by atoms with E-state index in [1.807, 2.05) is 0 Å². The van der Waals surface area contributed by atoms with E-state index in [-0.39, 0.29) is 31.1 Å². The lowest BCUT2D eigenvalue weighted by atomic mass is 10.0. The number of hydrogen-bond acceptors (Lipinski definition) is 6. The minimum Gasteiger partial charge on any atom is -0.462 e. The second kappa shape index (κ2) is 68.6. The second-order valence-electron chi connectivity index (χ2n) is 23.8. The number of carbonyl (C=O) groups is 3. The van der Waals surface area contributed by atoms with Crippen molar-refractivity contribution in [3.05, 3.63) is 60.8 Å². The molecule has 0 saturated heterocycles. The normalized spacial score (nSPS) is 12.4. The molecule has 6 heteroatoms. The first-order chi connectivity index (χ1) is 39.5. The van der Waals surface area contributed by atoms with Crippen LogP contribution < -0.4 is 0 Å². The van der Waals surface area contributed by atoms with Gasteiger partial charge in [-0.3, -0.25) is 14.4 Å². The van der Waals surface area contributed by atoms with Crippen molar-refractivity contribution in [1.82, 2.24) is 0 Å². The van der Waals surface area contributed by atoms with Gasteiger partial charge < -0.3 is 14.2 Å². The Labute approximate surface area is 498 Å². The SMILES string of the molecule is CC/C=C\C/C=C\C/C=C\C/C=C\C/C=C\CCCCCCCCCCCCCCCCCC(=O)OCC(COC(=O)CCCCCCCCCCCCCCCCC)OC(=O)CCCCCCCCCCCCCCCCCC. The Morgan fingerprint density at radius 1 is 0.263 bits per heavy atom. The van der Waals surface area contributed by atoms with Gasteiger partial charge >= 0.3 is 17.9 Å². The van der Waals surface area contributed by atoms with Crippen LogP contribution in [0.15, 0.2) is 60.8 Å². The topological polar surface area (TPSA) is 78.9 Å². The number of hydrogen-bond donors (Lipinski definition) is 0. The Morgan fingerprint density at radius 2 is 0.487 bits per heavy atom. The standard InChI is InChI=1S/C74H134O6/c1-4-7-10-13-16-19-22-25-28-30-31-32-33-34-35-36-37-38-39-40-41-42-43-44-47-49-52-55-58-61-64-67-73(76)79-70-71(69-78-72(75)66-63-60-57-54-51-48-45-27-24-21-18-15-12-9-6-3)80-74(77)68-65-62-59-56-53-50-46-29-26-23-20-17-14-11-8-5-2/h7,10,16,19,25,28,31-32,34-35,71H,4-6,8-9,11-15,17-18,20-24,26-27,29-30,33,36-70H2,1-3H3/b10-7-,19-16-,28-25-,32-31-,35-34-. The summed E-state index contributed by atoms with van der Waals surface area (Å²) < 4.78 is 17.0. The number of carbonyl (C=O) groups excluding carboxylic acids is 3. The van der Waals surface area contributed by atoms with Gasteiger partial charge in [-0.15, -0.1) is 0 Å². The minimum absolute atomic E-state index is 0.0664. The zero-order valence-electron chi connectivity index (χ0n) is 53.6. The van der Waals surface area contributed by atoms with Crippen LogP contribution in [0.4, 0.5) is 0 Å². The molecule has 1 atom stereocenters. The number of allylic oxidation sites excluding steroid dienone is 10. The Balaban J connectivity index is 4.19. The first-order valence-electron chi connectivity index (χ1n) is 35.3. The largest absolute Gasteiger partial charge is 0.462 e. The average molecular weight is 1120 g/mol. The summed E-state index contributed by atoms with van der Waals surface area (Å²) in [5.41, 5.74) is 0. The lowest BCUT2D eigenvalue weighted by Gasteiger charge is -2.18. The van der Waals surface area contributed by atoms with E-state index in [1.165, 1.54) is 244 Å². The van der Waals surface area contributed by atoms with Crippen LogP contribution in [-0.2, 0) is 28.6 Å². The fourth-order valence-corrected chi connectivity index (χ4v) is 10.5. The summed E-state index contributed by atoms with van der Waals surface area (Å²) in [4.78, 5) is 38.4. The number of esters is 3. The molecule has 1 unspecified atom stereocenters. The van der Waals surface area contributed by atoms with Gasteiger partial charge in [-0.05, 0) is 64.2 Å². The van der Waals surface area contributed by atoms with Crippen LogP contribution in [0.25, 0.3) is 0 Å². The molecule has 0 rings (SSSR count). The maximum Gasteiger partial charge on any atom is 0.306 e. The van der Waals surface area contributed by atoms with E-state index in [0.717, 1.165) is 89.9 Å². The highest BCUT2D eigenvalue weighted by Crippen LogP contribution is 2.18. The summed E-state index contributed by atoms with van der Waals surface area (Å²) in [5, 5.41) is 0. The maximum atomic E-state index is 12.9. The van der Waals surface area contributed by atoms with Crippen LogP contribution in [0, 0.1) is 0 Å². The quantitative estimate of drug-likeness (QED) is 0.0261. The number of unbranched alkanes of at least 4 members (excludes halogenated alkanes) is 44. The van der Waals surface area contributed by atoms with E-state index in [1.54, 1.807) is 0 Å². The molecule has 0 radical (unpaired) electrons. The molecule has 0 aliphatic heterocycles. The van der Waals surface area contributed by atoms with Gasteiger partial charge in [-0.2, -0.15) is 0 Å². The molecule has 0 aromatic rings. The third-order valence-electron chi connectivity index (χ3n) is 15.8. The minimum atomic E-state index is -0.770. The van der Waals surface area contributed by atoms with Gasteiger partial charge in [-0.1, -0.05) is 351 Å². The van der Waals surface area contributed by atoms with Crippen molar-refractivity contribution in [3.63, 3.8) is 0 Å². The molecule has 0 N–H and O–H groups in total. The van der Waals surface area contributed by atoms with E-state index in [4.69, 9.17) is 14.2 Å². The second-order valence-corrected chi connectivity index (χ2v) is 23.8. The van der Waals surface area contributed by atoms with Gasteiger partial charge in [0, 0.05) is 19.3 Å². The molecule has 80 heavy (non-hydrogen) atoms. The molecule has 0 bridgehead atoms. The fraction of sp³-hybridized carbons (Fsp3) is 0.824. The molecule has 0 aromatic carbocycles. The summed E-state index contributed by atoms with van der Waals surface area (Å²) in [7, 11) is 0. The molecule has 6 nitrogen and oxygen atoms in total. The molecule has 0 aliphatic carbocycles. The first kappa shape index (κ1) is 77.1. The zero-order chi connectivity index (χ0) is 57.8. The monoisotopic (exact) mass is 1120 g/mol. The van der Waals surface area contributed by atoms with Gasteiger partial charge in [0.25, 0.3) is 0 Å². The summed E-state index contributed by atoms with van der Waals surface area (Å²) in [6.07, 6.45) is 88.2. The van der Waals surface area contributed by atoms with Crippen LogP contribution in [0.3, 0.4) is 0 Å². The molecule has 0 spiro atoms. The van der Waals surface area contributed by atoms with Crippen molar-refractivity contribution in [2.45, 2.75) is 380 Å². The molecular weight excluding hydrogens is 985 g/mol. The fourth-order valence-electron chi connectivity index (χ4n) is 10.5. The Hall–Kier alpha value is -2.89. The van der Waals surface area contributed by atoms with Gasteiger partial charge in [0.15, 0.2) is 6.10 Å². The van der Waals surface area contributed by atoms with E-state index < -0.39 is 6.10 Å². The highest BCUT2D eigenvalue weighted by molar-refractivity contribution is 5.71. The van der Waals surface area contributed by atoms with E-state index >= 15 is 0 Å². The van der Waals surface area contributed by atoms with Crippen LogP contribution in [0.1, 0.15) is 374 Å². The third kappa shape index (κ3) is 65.9. The van der Waals surface area contributed by atoms with Gasteiger partial charge in [0.1, 0.15) is 13.2 Å². The van der Waals surface area contributed by atoms with E-state index in [0.29, 0.717) is 19.3 Å². The van der Waals surface area contributed by atoms with Crippen LogP contribution >= 0.6 is 0 Å². The van der Waals surface area contributed by atoms with Crippen molar-refractivity contribution in [1.29, 1.82) is 0 Å². The predicted molar refractivity (Wildman–Crippen MR) is 348 cm³/mol. The molecule has 0 saturated carbocycles. The highest BCUT2D eigenvalue weighted by Gasteiger charge is 2.19. The molecule has 0 heterocycles. The van der Waals surface area contributed by atoms with Gasteiger partial charge in [-0.25, -0.2) is 0 Å². The number of rotatable bonds is 65. The van der Waals surface area contributed by atoms with Crippen LogP contribution in [0.2, 0.25) is 0 Å². The highest BCUT2D eigenvalue weighted by atomic mass is 16.6. The third-order valence-corrected chi connectivity index (χ3v) is 15.8. The molecule has 0 aliphatic rings. The van der Waals surface area contributed by atoms with Crippen molar-refractivity contribution < 1.29 is 28.6 Å². The summed E-state index contributed by atoms with van der Waals surface area (Å²) in [6, 6.07) is 0. The molecule has 0 fully saturated rings. The lowest BCUT2D eigenvalue weighted by Crippen LogP contribution is -2.30. The van der Waals surface area contributed by atoms with Crippen molar-refractivity contribution in [2.24, 2.45) is 0 Å². The van der Waals surface area contributed by atoms with Crippen molar-refractivity contribution in [3.8, 4) is 0 Å². The van der Waals surface area contributed by atoms with E-state index in [9.17, 15) is 14.4 Å². The molecular formula is C74H134O6. The lowest BCUT2D eigenvalue weighted by molar-refractivity contribution is -0.167. The zero-order valence-corrected chi connectivity index (χ0v) is 53.6. The van der Waals surface area contributed by atoms with Gasteiger partial charge in [0.2, 0.25) is 0 Å². The predicted octanol–water partition coefficient (Wildman–Crippen LogP) is 24.3. The molecule has 0 aromatic heterocycles. The molecule has 466 valence electrons. The molecule has 0 amide bonds. The smallest absolute Gasteiger partial charge is 0.306 e. The van der Waals surface area contributed by atoms with Crippen LogP contribution in [-0.4, -0.2) is 37.2 Å².